The van der Waals surface area contributed by atoms with Crippen LogP contribution in [0, 0.1) is 10.1 Å². The minimum absolute atomic E-state index is 0.0996. The predicted octanol–water partition coefficient (Wildman–Crippen LogP) is 6.02. The van der Waals surface area contributed by atoms with Crippen molar-refractivity contribution in [3.8, 4) is 28.4 Å². The average molecular weight is 541 g/mol. The van der Waals surface area contributed by atoms with Crippen molar-refractivity contribution in [3.63, 3.8) is 0 Å². The van der Waals surface area contributed by atoms with Crippen molar-refractivity contribution in [1.29, 1.82) is 0 Å². The third kappa shape index (κ3) is 5.74. The van der Waals surface area contributed by atoms with E-state index >= 15 is 0 Å². The van der Waals surface area contributed by atoms with Gasteiger partial charge in [-0.3, -0.25) is 14.9 Å². The summed E-state index contributed by atoms with van der Waals surface area (Å²) in [5.41, 5.74) is -2.06. The largest absolute Gasteiger partial charge is 0.493 e. The second-order valence-electron chi connectivity index (χ2n) is 7.97. The molecule has 0 radical (unpaired) electrons. The number of hydrogen-bond donors (Lipinski definition) is 0. The summed E-state index contributed by atoms with van der Waals surface area (Å²) in [7, 11) is 2.66. The number of halogens is 3. The lowest BCUT2D eigenvalue weighted by Gasteiger charge is -2.14. The lowest BCUT2D eigenvalue weighted by atomic mass is 10.0. The first-order valence-electron chi connectivity index (χ1n) is 11.1. The Bertz CT molecular complexity index is 1670. The van der Waals surface area contributed by atoms with E-state index in [0.29, 0.717) is 5.56 Å². The standard InChI is InChI=1S/C27H18F3NO8/c1-36-20-10-7-16(13-22(20)37-2)24-25(33)19-9-8-18(14-21(19)39-26(24)27(28,29)30)38-23(32)11-6-15-4-3-5-17(12-15)31(34)35/h3-14H,1-2H3. The number of benzene rings is 3. The van der Waals surface area contributed by atoms with E-state index in [0.717, 1.165) is 12.1 Å². The van der Waals surface area contributed by atoms with Crippen molar-refractivity contribution >= 4 is 28.7 Å². The molecule has 0 fully saturated rings. The first kappa shape index (κ1) is 26.9. The van der Waals surface area contributed by atoms with Crippen LogP contribution in [0.2, 0.25) is 0 Å². The number of ether oxygens (including phenoxy) is 3. The van der Waals surface area contributed by atoms with Gasteiger partial charge >= 0.3 is 12.1 Å². The molecule has 1 heterocycles. The van der Waals surface area contributed by atoms with Gasteiger partial charge in [0.1, 0.15) is 11.3 Å². The molecule has 0 atom stereocenters. The van der Waals surface area contributed by atoms with E-state index < -0.39 is 39.4 Å². The van der Waals surface area contributed by atoms with Crippen molar-refractivity contribution < 1.29 is 41.5 Å². The maximum Gasteiger partial charge on any atom is 0.450 e. The fourth-order valence-electron chi connectivity index (χ4n) is 3.75. The Morgan fingerprint density at radius 2 is 1.74 bits per heavy atom. The normalized spacial score (nSPS) is 11.5. The van der Waals surface area contributed by atoms with E-state index in [1.165, 1.54) is 74.9 Å². The zero-order chi connectivity index (χ0) is 28.3. The molecule has 0 saturated heterocycles. The van der Waals surface area contributed by atoms with Gasteiger partial charge in [0.25, 0.3) is 5.69 Å². The van der Waals surface area contributed by atoms with Crippen molar-refractivity contribution in [2.45, 2.75) is 6.18 Å². The number of carbonyl (C=O) groups excluding carboxylic acids is 1. The quantitative estimate of drug-likeness (QED) is 0.0916. The van der Waals surface area contributed by atoms with Crippen LogP contribution in [0.4, 0.5) is 18.9 Å². The summed E-state index contributed by atoms with van der Waals surface area (Å²) in [6.07, 6.45) is -2.78. The number of alkyl halides is 3. The minimum atomic E-state index is -5.04. The Morgan fingerprint density at radius 3 is 2.41 bits per heavy atom. The molecular weight excluding hydrogens is 523 g/mol. The summed E-state index contributed by atoms with van der Waals surface area (Å²) in [5, 5.41) is 10.7. The van der Waals surface area contributed by atoms with Gasteiger partial charge in [0.2, 0.25) is 11.2 Å². The van der Waals surface area contributed by atoms with Crippen LogP contribution in [-0.4, -0.2) is 25.1 Å². The van der Waals surface area contributed by atoms with Crippen LogP contribution in [0.25, 0.3) is 28.2 Å². The molecular formula is C27H18F3NO8. The third-order valence-electron chi connectivity index (χ3n) is 5.50. The van der Waals surface area contributed by atoms with Crippen LogP contribution >= 0.6 is 0 Å². The minimum Gasteiger partial charge on any atom is -0.493 e. The van der Waals surface area contributed by atoms with Crippen LogP contribution in [0.1, 0.15) is 11.3 Å². The number of rotatable bonds is 7. The van der Waals surface area contributed by atoms with Gasteiger partial charge in [-0.2, -0.15) is 13.2 Å². The maximum atomic E-state index is 14.0. The molecule has 3 aromatic carbocycles. The highest BCUT2D eigenvalue weighted by Crippen LogP contribution is 2.40. The van der Waals surface area contributed by atoms with E-state index in [2.05, 4.69) is 0 Å². The smallest absolute Gasteiger partial charge is 0.450 e. The lowest BCUT2D eigenvalue weighted by molar-refractivity contribution is -0.384. The summed E-state index contributed by atoms with van der Waals surface area (Å²) < 4.78 is 62.5. The van der Waals surface area contributed by atoms with E-state index in [4.69, 9.17) is 18.6 Å². The van der Waals surface area contributed by atoms with Gasteiger partial charge < -0.3 is 18.6 Å². The van der Waals surface area contributed by atoms with Crippen molar-refractivity contribution in [1.82, 2.24) is 0 Å². The monoisotopic (exact) mass is 541 g/mol. The molecule has 0 aliphatic carbocycles. The number of nitro benzene ring substituents is 1. The van der Waals surface area contributed by atoms with Crippen molar-refractivity contribution in [3.05, 3.63) is 98.4 Å². The van der Waals surface area contributed by atoms with Gasteiger partial charge in [0.05, 0.1) is 30.1 Å². The van der Waals surface area contributed by atoms with Gasteiger partial charge in [-0.25, -0.2) is 4.79 Å². The first-order valence-corrected chi connectivity index (χ1v) is 11.1. The molecule has 0 bridgehead atoms. The Kier molecular flexibility index (Phi) is 7.38. The molecule has 9 nitrogen and oxygen atoms in total. The van der Waals surface area contributed by atoms with Crippen LogP contribution in [-0.2, 0) is 11.0 Å². The molecule has 0 aliphatic rings. The topological polar surface area (TPSA) is 118 Å². The molecule has 0 saturated carbocycles. The van der Waals surface area contributed by atoms with Crippen molar-refractivity contribution in [2.24, 2.45) is 0 Å². The number of nitro groups is 1. The van der Waals surface area contributed by atoms with Gasteiger partial charge in [0, 0.05) is 24.3 Å². The Hall–Kier alpha value is -5.13. The van der Waals surface area contributed by atoms with Crippen molar-refractivity contribution in [2.75, 3.05) is 14.2 Å². The molecule has 0 aliphatic heterocycles. The Morgan fingerprint density at radius 1 is 1.00 bits per heavy atom. The molecule has 12 heteroatoms. The number of hydrogen-bond acceptors (Lipinski definition) is 8. The second kappa shape index (κ2) is 10.7. The second-order valence-corrected chi connectivity index (χ2v) is 7.97. The Labute approximate surface area is 217 Å². The highest BCUT2D eigenvalue weighted by Gasteiger charge is 2.39. The SMILES string of the molecule is COc1ccc(-c2c(C(F)(F)F)oc3cc(OC(=O)C=Cc4cccc([N+](=O)[O-])c4)ccc3c2=O)cc1OC. The number of methoxy groups -OCH3 is 2. The number of non-ortho nitro benzene ring substituents is 1. The highest BCUT2D eigenvalue weighted by molar-refractivity contribution is 5.90. The fourth-order valence-corrected chi connectivity index (χ4v) is 3.75. The molecule has 0 N–H and O–H groups in total. The van der Waals surface area contributed by atoms with Gasteiger partial charge in [-0.05, 0) is 41.5 Å². The van der Waals surface area contributed by atoms with E-state index in [-0.39, 0.29) is 33.9 Å². The summed E-state index contributed by atoms with van der Waals surface area (Å²) in [6, 6.07) is 12.7. The fraction of sp³-hybridized carbons (Fsp3) is 0.111. The summed E-state index contributed by atoms with van der Waals surface area (Å²) in [6.45, 7) is 0. The highest BCUT2D eigenvalue weighted by atomic mass is 19.4. The molecule has 1 aromatic heterocycles. The Balaban J connectivity index is 1.71. The van der Waals surface area contributed by atoms with Crippen LogP contribution < -0.4 is 19.6 Å². The molecule has 200 valence electrons. The molecule has 39 heavy (non-hydrogen) atoms. The average Bonchev–Trinajstić information content (AvgIpc) is 2.91. The number of esters is 1. The summed E-state index contributed by atoms with van der Waals surface area (Å²) in [4.78, 5) is 35.8. The van der Waals surface area contributed by atoms with Gasteiger partial charge in [0.15, 0.2) is 11.5 Å². The van der Waals surface area contributed by atoms with E-state index in [1.54, 1.807) is 0 Å². The molecule has 0 amide bonds. The maximum absolute atomic E-state index is 14.0. The number of fused-ring (bicyclic) bond motifs is 1. The third-order valence-corrected chi connectivity index (χ3v) is 5.50. The van der Waals surface area contributed by atoms with Crippen LogP contribution in [0.5, 0.6) is 17.2 Å². The zero-order valence-electron chi connectivity index (χ0n) is 20.3. The molecule has 0 unspecified atom stereocenters. The number of nitrogens with zero attached hydrogens (tertiary/aromatic N) is 1. The number of carbonyl (C=O) groups is 1. The summed E-state index contributed by atoms with van der Waals surface area (Å²) in [5.74, 6) is -2.28. The molecule has 0 spiro atoms. The van der Waals surface area contributed by atoms with E-state index in [9.17, 15) is 32.9 Å². The molecule has 4 rings (SSSR count). The zero-order valence-corrected chi connectivity index (χ0v) is 20.3. The molecule has 4 aromatic rings. The lowest BCUT2D eigenvalue weighted by Crippen LogP contribution is -2.16. The van der Waals surface area contributed by atoms with E-state index in [1.807, 2.05) is 0 Å². The van der Waals surface area contributed by atoms with Crippen LogP contribution in [0.3, 0.4) is 0 Å². The van der Waals surface area contributed by atoms with Gasteiger partial charge in [-0.1, -0.05) is 18.2 Å². The first-order chi connectivity index (χ1) is 18.5. The van der Waals surface area contributed by atoms with Gasteiger partial charge in [-0.15, -0.1) is 0 Å². The summed E-state index contributed by atoms with van der Waals surface area (Å²) >= 11 is 0. The predicted molar refractivity (Wildman–Crippen MR) is 134 cm³/mol. The van der Waals surface area contributed by atoms with Crippen LogP contribution in [0.15, 0.2) is 76.0 Å².